The Balaban J connectivity index is 2.05. The summed E-state index contributed by atoms with van der Waals surface area (Å²) in [5, 5.41) is 13.0. The van der Waals surface area contributed by atoms with Gasteiger partial charge in [0.15, 0.2) is 5.15 Å². The maximum Gasteiger partial charge on any atom is 0.154 e. The van der Waals surface area contributed by atoms with E-state index in [-0.39, 0.29) is 6.61 Å². The third-order valence-electron chi connectivity index (χ3n) is 3.84. The van der Waals surface area contributed by atoms with E-state index < -0.39 is 0 Å². The quantitative estimate of drug-likeness (QED) is 0.727. The average molecular weight is 349 g/mol. The van der Waals surface area contributed by atoms with Crippen LogP contribution in [0.3, 0.4) is 0 Å². The van der Waals surface area contributed by atoms with Gasteiger partial charge in [0.25, 0.3) is 0 Å². The van der Waals surface area contributed by atoms with Gasteiger partial charge < -0.3 is 10.4 Å². The van der Waals surface area contributed by atoms with Crippen LogP contribution in [-0.4, -0.2) is 39.2 Å². The van der Waals surface area contributed by atoms with E-state index in [9.17, 15) is 5.11 Å². The first kappa shape index (κ1) is 18.6. The largest absolute Gasteiger partial charge is 0.395 e. The van der Waals surface area contributed by atoms with Crippen molar-refractivity contribution in [2.75, 3.05) is 18.5 Å². The topological polar surface area (TPSA) is 61.3 Å². The van der Waals surface area contributed by atoms with Gasteiger partial charge in [-0.2, -0.15) is 0 Å². The van der Waals surface area contributed by atoms with Crippen LogP contribution in [0.15, 0.2) is 36.5 Å². The van der Waals surface area contributed by atoms with E-state index in [4.69, 9.17) is 11.6 Å². The van der Waals surface area contributed by atoms with Gasteiger partial charge in [-0.1, -0.05) is 48.9 Å². The molecule has 1 unspecified atom stereocenters. The molecule has 5 nitrogen and oxygen atoms in total. The van der Waals surface area contributed by atoms with E-state index in [2.05, 4.69) is 46.2 Å². The van der Waals surface area contributed by atoms with Gasteiger partial charge in [-0.15, -0.1) is 0 Å². The summed E-state index contributed by atoms with van der Waals surface area (Å²) in [7, 11) is 0. The van der Waals surface area contributed by atoms with Crippen molar-refractivity contribution in [3.05, 3.63) is 52.9 Å². The third kappa shape index (κ3) is 5.74. The molecular weight excluding hydrogens is 324 g/mol. The second kappa shape index (κ2) is 9.57. The predicted octanol–water partition coefficient (Wildman–Crippen LogP) is 3.33. The standard InChI is InChI=1S/C18H25ClN4O/c1-3-14(2)21-17-11-20-16(18(19)22-17)13-23(9-10-24)12-15-7-5-4-6-8-15/h4-8,11,14,24H,3,9-10,12-13H2,1-2H3,(H,21,22). The Morgan fingerprint density at radius 3 is 2.62 bits per heavy atom. The number of hydrogen-bond acceptors (Lipinski definition) is 5. The van der Waals surface area contributed by atoms with Crippen LogP contribution in [0.1, 0.15) is 31.5 Å². The highest BCUT2D eigenvalue weighted by atomic mass is 35.5. The van der Waals surface area contributed by atoms with E-state index in [0.29, 0.717) is 30.1 Å². The minimum atomic E-state index is 0.0888. The number of aliphatic hydroxyl groups excluding tert-OH is 1. The Hall–Kier alpha value is -1.69. The number of benzene rings is 1. The Labute approximate surface area is 148 Å². The van der Waals surface area contributed by atoms with Crippen LogP contribution in [0, 0.1) is 0 Å². The van der Waals surface area contributed by atoms with Gasteiger partial charge in [-0.3, -0.25) is 9.88 Å². The maximum absolute atomic E-state index is 9.31. The molecule has 0 aliphatic carbocycles. The lowest BCUT2D eigenvalue weighted by Crippen LogP contribution is -2.27. The van der Waals surface area contributed by atoms with Crippen molar-refractivity contribution in [2.24, 2.45) is 0 Å². The molecule has 1 atom stereocenters. The molecule has 0 spiro atoms. The number of anilines is 1. The summed E-state index contributed by atoms with van der Waals surface area (Å²) in [6.07, 6.45) is 2.72. The smallest absolute Gasteiger partial charge is 0.154 e. The van der Waals surface area contributed by atoms with Crippen LogP contribution in [0.2, 0.25) is 5.15 Å². The second-order valence-electron chi connectivity index (χ2n) is 5.87. The summed E-state index contributed by atoms with van der Waals surface area (Å²) in [5.74, 6) is 0.690. The summed E-state index contributed by atoms with van der Waals surface area (Å²) in [4.78, 5) is 10.9. The molecule has 0 bridgehead atoms. The lowest BCUT2D eigenvalue weighted by molar-refractivity contribution is 0.183. The molecule has 0 aliphatic rings. The highest BCUT2D eigenvalue weighted by Gasteiger charge is 2.12. The van der Waals surface area contributed by atoms with Gasteiger partial charge >= 0.3 is 0 Å². The van der Waals surface area contributed by atoms with Crippen molar-refractivity contribution in [3.8, 4) is 0 Å². The minimum absolute atomic E-state index is 0.0888. The first-order valence-electron chi connectivity index (χ1n) is 8.27. The van der Waals surface area contributed by atoms with Gasteiger partial charge in [0.2, 0.25) is 0 Å². The van der Waals surface area contributed by atoms with Gasteiger partial charge in [0, 0.05) is 25.7 Å². The van der Waals surface area contributed by atoms with Gasteiger partial charge in [-0.25, -0.2) is 4.98 Å². The fraction of sp³-hybridized carbons (Fsp3) is 0.444. The van der Waals surface area contributed by atoms with E-state index in [1.807, 2.05) is 18.2 Å². The van der Waals surface area contributed by atoms with Crippen molar-refractivity contribution in [3.63, 3.8) is 0 Å². The molecule has 0 saturated carbocycles. The molecule has 2 N–H and O–H groups in total. The van der Waals surface area contributed by atoms with E-state index in [1.165, 1.54) is 5.56 Å². The molecule has 0 saturated heterocycles. The summed E-state index contributed by atoms with van der Waals surface area (Å²) in [5.41, 5.74) is 1.90. The SMILES string of the molecule is CCC(C)Nc1cnc(CN(CCO)Cc2ccccc2)c(Cl)n1. The van der Waals surface area contributed by atoms with E-state index in [0.717, 1.165) is 18.7 Å². The molecule has 1 aromatic heterocycles. The van der Waals surface area contributed by atoms with Gasteiger partial charge in [0.05, 0.1) is 18.5 Å². The lowest BCUT2D eigenvalue weighted by atomic mass is 10.2. The van der Waals surface area contributed by atoms with Gasteiger partial charge in [0.1, 0.15) is 5.82 Å². The number of nitrogens with zero attached hydrogens (tertiary/aromatic N) is 3. The Kier molecular flexibility index (Phi) is 7.43. The van der Waals surface area contributed by atoms with Crippen molar-refractivity contribution >= 4 is 17.4 Å². The van der Waals surface area contributed by atoms with Crippen LogP contribution in [0.4, 0.5) is 5.82 Å². The zero-order valence-electron chi connectivity index (χ0n) is 14.2. The van der Waals surface area contributed by atoms with Gasteiger partial charge in [-0.05, 0) is 18.9 Å². The van der Waals surface area contributed by atoms with Crippen molar-refractivity contribution < 1.29 is 5.11 Å². The van der Waals surface area contributed by atoms with Crippen molar-refractivity contribution in [1.82, 2.24) is 14.9 Å². The van der Waals surface area contributed by atoms with Crippen molar-refractivity contribution in [2.45, 2.75) is 39.4 Å². The minimum Gasteiger partial charge on any atom is -0.395 e. The van der Waals surface area contributed by atoms with Crippen LogP contribution in [-0.2, 0) is 13.1 Å². The highest BCUT2D eigenvalue weighted by Crippen LogP contribution is 2.17. The maximum atomic E-state index is 9.31. The van der Waals surface area contributed by atoms with Crippen LogP contribution in [0.5, 0.6) is 0 Å². The van der Waals surface area contributed by atoms with Crippen LogP contribution >= 0.6 is 11.6 Å². The molecule has 0 fully saturated rings. The molecule has 130 valence electrons. The second-order valence-corrected chi connectivity index (χ2v) is 6.22. The highest BCUT2D eigenvalue weighted by molar-refractivity contribution is 6.30. The molecule has 2 aromatic rings. The van der Waals surface area contributed by atoms with E-state index in [1.54, 1.807) is 6.20 Å². The first-order valence-corrected chi connectivity index (χ1v) is 8.65. The Morgan fingerprint density at radius 2 is 2.00 bits per heavy atom. The number of halogens is 1. The number of hydrogen-bond donors (Lipinski definition) is 2. The molecule has 6 heteroatoms. The monoisotopic (exact) mass is 348 g/mol. The number of nitrogens with one attached hydrogen (secondary N) is 1. The summed E-state index contributed by atoms with van der Waals surface area (Å²) in [6, 6.07) is 10.5. The average Bonchev–Trinajstić information content (AvgIpc) is 2.58. The van der Waals surface area contributed by atoms with Crippen molar-refractivity contribution in [1.29, 1.82) is 0 Å². The van der Waals surface area contributed by atoms with Crippen LogP contribution in [0.25, 0.3) is 0 Å². The first-order chi connectivity index (χ1) is 11.6. The molecule has 1 aromatic carbocycles. The fourth-order valence-electron chi connectivity index (χ4n) is 2.33. The molecule has 0 radical (unpaired) electrons. The van der Waals surface area contributed by atoms with E-state index >= 15 is 0 Å². The normalized spacial score (nSPS) is 12.4. The summed E-state index contributed by atoms with van der Waals surface area (Å²) in [6.45, 7) is 6.12. The molecule has 0 amide bonds. The zero-order chi connectivity index (χ0) is 17.4. The lowest BCUT2D eigenvalue weighted by Gasteiger charge is -2.21. The molecule has 1 heterocycles. The predicted molar refractivity (Wildman–Crippen MR) is 98.1 cm³/mol. The zero-order valence-corrected chi connectivity index (χ0v) is 15.0. The molecule has 24 heavy (non-hydrogen) atoms. The molecule has 0 aliphatic heterocycles. The number of rotatable bonds is 9. The Morgan fingerprint density at radius 1 is 1.25 bits per heavy atom. The number of aliphatic hydroxyl groups is 1. The number of aromatic nitrogens is 2. The summed E-state index contributed by atoms with van der Waals surface area (Å²) >= 11 is 6.30. The Bertz CT molecular complexity index is 624. The summed E-state index contributed by atoms with van der Waals surface area (Å²) < 4.78 is 0. The molecular formula is C18H25ClN4O. The van der Waals surface area contributed by atoms with Crippen LogP contribution < -0.4 is 5.32 Å². The molecule has 2 rings (SSSR count). The fourth-order valence-corrected chi connectivity index (χ4v) is 2.53. The third-order valence-corrected chi connectivity index (χ3v) is 4.15.